The van der Waals surface area contributed by atoms with E-state index in [2.05, 4.69) is 46.3 Å². The monoisotopic (exact) mass is 513 g/mol. The molecule has 1 atom stereocenters. The molecule has 1 N–H and O–H groups in total. The largest absolute Gasteiger partial charge is 0.493 e. The van der Waals surface area contributed by atoms with Gasteiger partial charge >= 0.3 is 0 Å². The number of rotatable bonds is 6. The molecule has 0 saturated carbocycles. The van der Waals surface area contributed by atoms with Crippen LogP contribution < -0.4 is 10.1 Å². The highest BCUT2D eigenvalue weighted by Gasteiger charge is 2.25. The molecule has 29 heavy (non-hydrogen) atoms. The summed E-state index contributed by atoms with van der Waals surface area (Å²) >= 11 is 0. The van der Waals surface area contributed by atoms with E-state index in [0.29, 0.717) is 19.1 Å². The van der Waals surface area contributed by atoms with Crippen LogP contribution >= 0.6 is 24.0 Å². The lowest BCUT2D eigenvalue weighted by molar-refractivity contribution is -0.00805. The second kappa shape index (κ2) is 11.4. The smallest absolute Gasteiger partial charge is 0.194 e. The first-order valence-corrected chi connectivity index (χ1v) is 9.82. The lowest BCUT2D eigenvalue weighted by Crippen LogP contribution is -2.47. The van der Waals surface area contributed by atoms with Crippen molar-refractivity contribution < 1.29 is 9.47 Å². The molecule has 1 saturated heterocycles. The summed E-state index contributed by atoms with van der Waals surface area (Å²) in [6.45, 7) is 7.95. The summed E-state index contributed by atoms with van der Waals surface area (Å²) in [4.78, 5) is 6.70. The van der Waals surface area contributed by atoms with Crippen molar-refractivity contribution in [3.8, 4) is 5.75 Å². The molecular formula is C21H32IN5O2. The van der Waals surface area contributed by atoms with Gasteiger partial charge in [0.25, 0.3) is 0 Å². The van der Waals surface area contributed by atoms with Crippen LogP contribution in [0.15, 0.2) is 41.7 Å². The Morgan fingerprint density at radius 1 is 1.41 bits per heavy atom. The maximum absolute atomic E-state index is 5.93. The third-order valence-electron chi connectivity index (χ3n) is 4.61. The molecule has 160 valence electrons. The number of guanidine groups is 1. The number of aryl methyl sites for hydroxylation is 1. The number of hydrogen-bond donors (Lipinski definition) is 1. The van der Waals surface area contributed by atoms with Crippen molar-refractivity contribution in [1.82, 2.24) is 20.0 Å². The molecule has 0 aliphatic carbocycles. The Balaban J connectivity index is 0.00000300. The number of nitrogens with zero attached hydrogens (tertiary/aromatic N) is 4. The number of benzene rings is 1. The van der Waals surface area contributed by atoms with Crippen molar-refractivity contribution in [2.75, 3.05) is 33.4 Å². The van der Waals surface area contributed by atoms with E-state index in [9.17, 15) is 0 Å². The van der Waals surface area contributed by atoms with Crippen molar-refractivity contribution in [3.05, 3.63) is 47.8 Å². The fourth-order valence-electron chi connectivity index (χ4n) is 3.17. The second-order valence-electron chi connectivity index (χ2n) is 7.51. The number of aliphatic imine (C=N–C) groups is 1. The molecule has 1 aromatic heterocycles. The van der Waals surface area contributed by atoms with E-state index in [0.717, 1.165) is 37.0 Å². The minimum absolute atomic E-state index is 0. The average Bonchev–Trinajstić information content (AvgIpc) is 3.14. The first kappa shape index (κ1) is 23.5. The third-order valence-corrected chi connectivity index (χ3v) is 4.61. The summed E-state index contributed by atoms with van der Waals surface area (Å²) < 4.78 is 13.6. The maximum Gasteiger partial charge on any atom is 0.194 e. The molecule has 2 heterocycles. The van der Waals surface area contributed by atoms with E-state index in [4.69, 9.17) is 9.47 Å². The Kier molecular flexibility index (Phi) is 9.22. The zero-order valence-electron chi connectivity index (χ0n) is 17.7. The highest BCUT2D eigenvalue weighted by atomic mass is 127. The van der Waals surface area contributed by atoms with Crippen LogP contribution in [0.4, 0.5) is 0 Å². The molecule has 0 radical (unpaired) electrons. The predicted molar refractivity (Wildman–Crippen MR) is 126 cm³/mol. The molecule has 7 nitrogen and oxygen atoms in total. The minimum Gasteiger partial charge on any atom is -0.493 e. The van der Waals surface area contributed by atoms with Crippen LogP contribution in [0.1, 0.15) is 31.1 Å². The average molecular weight is 513 g/mol. The van der Waals surface area contributed by atoms with Gasteiger partial charge in [0.05, 0.1) is 26.0 Å². The summed E-state index contributed by atoms with van der Waals surface area (Å²) in [5.74, 6) is 2.30. The van der Waals surface area contributed by atoms with Gasteiger partial charge in [0.1, 0.15) is 11.9 Å². The Morgan fingerprint density at radius 3 is 2.93 bits per heavy atom. The van der Waals surface area contributed by atoms with Gasteiger partial charge in [0.15, 0.2) is 5.96 Å². The van der Waals surface area contributed by atoms with Gasteiger partial charge < -0.3 is 19.7 Å². The predicted octanol–water partition coefficient (Wildman–Crippen LogP) is 3.22. The van der Waals surface area contributed by atoms with Crippen LogP contribution in [0.25, 0.3) is 0 Å². The molecule has 2 aromatic rings. The molecular weight excluding hydrogens is 481 g/mol. The molecule has 1 fully saturated rings. The summed E-state index contributed by atoms with van der Waals surface area (Å²) in [5, 5.41) is 7.72. The molecule has 0 spiro atoms. The highest BCUT2D eigenvalue weighted by molar-refractivity contribution is 14.0. The first-order valence-electron chi connectivity index (χ1n) is 9.82. The van der Waals surface area contributed by atoms with Crippen LogP contribution in [-0.2, 0) is 18.3 Å². The second-order valence-corrected chi connectivity index (χ2v) is 7.51. The molecule has 8 heteroatoms. The maximum atomic E-state index is 5.93. The van der Waals surface area contributed by atoms with E-state index in [-0.39, 0.29) is 30.1 Å². The number of morpholine rings is 1. The SMILES string of the molecule is CN=C(NCc1cccc(OCC(C)C)c1)N1CCOC(c2cnn(C)c2)C1.I. The fourth-order valence-corrected chi connectivity index (χ4v) is 3.17. The van der Waals surface area contributed by atoms with Gasteiger partial charge in [0.2, 0.25) is 0 Å². The fraction of sp³-hybridized carbons (Fsp3) is 0.524. The molecule has 1 aliphatic rings. The Bertz CT molecular complexity index is 793. The standard InChI is InChI=1S/C21H31N5O2.HI/c1-16(2)15-28-19-7-5-6-17(10-19)11-23-21(22-3)26-8-9-27-20(14-26)18-12-24-25(4)13-18;/h5-7,10,12-13,16,20H,8-9,11,14-15H2,1-4H3,(H,22,23);1H. The summed E-state index contributed by atoms with van der Waals surface area (Å²) in [7, 11) is 3.74. The zero-order chi connectivity index (χ0) is 19.9. The zero-order valence-corrected chi connectivity index (χ0v) is 20.0. The lowest BCUT2D eigenvalue weighted by atomic mass is 10.1. The van der Waals surface area contributed by atoms with Gasteiger partial charge in [-0.1, -0.05) is 26.0 Å². The summed E-state index contributed by atoms with van der Waals surface area (Å²) in [6.07, 6.45) is 3.88. The normalized spacial score (nSPS) is 17.2. The van der Waals surface area contributed by atoms with Gasteiger partial charge in [0, 0.05) is 38.9 Å². The number of aromatic nitrogens is 2. The topological polar surface area (TPSA) is 63.9 Å². The van der Waals surface area contributed by atoms with Gasteiger partial charge in [-0.15, -0.1) is 24.0 Å². The van der Waals surface area contributed by atoms with Crippen molar-refractivity contribution in [1.29, 1.82) is 0 Å². The van der Waals surface area contributed by atoms with Gasteiger partial charge in [-0.3, -0.25) is 9.67 Å². The molecule has 1 unspecified atom stereocenters. The molecule has 0 amide bonds. The number of halogens is 1. The van der Waals surface area contributed by atoms with Gasteiger partial charge in [-0.05, 0) is 23.6 Å². The molecule has 3 rings (SSSR count). The third kappa shape index (κ3) is 6.88. The Hall–Kier alpha value is -1.81. The van der Waals surface area contributed by atoms with E-state index in [1.807, 2.05) is 38.6 Å². The van der Waals surface area contributed by atoms with Crippen molar-refractivity contribution in [2.24, 2.45) is 18.0 Å². The summed E-state index contributed by atoms with van der Waals surface area (Å²) in [5.41, 5.74) is 2.26. The van der Waals surface area contributed by atoms with Crippen LogP contribution in [-0.4, -0.2) is 54.0 Å². The first-order chi connectivity index (χ1) is 13.5. The number of nitrogens with one attached hydrogen (secondary N) is 1. The van der Waals surface area contributed by atoms with Crippen molar-refractivity contribution in [2.45, 2.75) is 26.5 Å². The number of hydrogen-bond acceptors (Lipinski definition) is 4. The molecule has 1 aliphatic heterocycles. The van der Waals surface area contributed by atoms with Crippen LogP contribution in [0.3, 0.4) is 0 Å². The highest BCUT2D eigenvalue weighted by Crippen LogP contribution is 2.21. The number of ether oxygens (including phenoxy) is 2. The summed E-state index contributed by atoms with van der Waals surface area (Å²) in [6, 6.07) is 8.21. The van der Waals surface area contributed by atoms with Crippen LogP contribution in [0, 0.1) is 5.92 Å². The minimum atomic E-state index is 0. The quantitative estimate of drug-likeness (QED) is 0.365. The van der Waals surface area contributed by atoms with E-state index >= 15 is 0 Å². The molecule has 0 bridgehead atoms. The molecule has 1 aromatic carbocycles. The van der Waals surface area contributed by atoms with E-state index < -0.39 is 0 Å². The van der Waals surface area contributed by atoms with Crippen LogP contribution in [0.2, 0.25) is 0 Å². The van der Waals surface area contributed by atoms with E-state index in [1.54, 1.807) is 4.68 Å². The lowest BCUT2D eigenvalue weighted by Gasteiger charge is -2.34. The van der Waals surface area contributed by atoms with Crippen LogP contribution in [0.5, 0.6) is 5.75 Å². The van der Waals surface area contributed by atoms with Crippen molar-refractivity contribution in [3.63, 3.8) is 0 Å². The van der Waals surface area contributed by atoms with Gasteiger partial charge in [-0.2, -0.15) is 5.10 Å². The van der Waals surface area contributed by atoms with E-state index in [1.165, 1.54) is 5.56 Å². The Labute approximate surface area is 190 Å². The Morgan fingerprint density at radius 2 is 2.24 bits per heavy atom. The van der Waals surface area contributed by atoms with Gasteiger partial charge in [-0.25, -0.2) is 0 Å². The van der Waals surface area contributed by atoms with Crippen molar-refractivity contribution >= 4 is 29.9 Å².